The molecule has 0 fully saturated rings. The number of thiophene rings is 1. The van der Waals surface area contributed by atoms with Crippen molar-refractivity contribution in [3.05, 3.63) is 121 Å². The molecule has 0 amide bonds. The van der Waals surface area contributed by atoms with E-state index in [1.807, 2.05) is 18.5 Å². The van der Waals surface area contributed by atoms with E-state index in [1.54, 1.807) is 11.3 Å². The topological polar surface area (TPSA) is 25.8 Å². The number of fused-ring (bicyclic) bond motifs is 4. The van der Waals surface area contributed by atoms with Gasteiger partial charge in [-0.25, -0.2) is 4.98 Å². The monoisotopic (exact) mass is 492 g/mol. The zero-order valence-electron chi connectivity index (χ0n) is 20.5. The summed E-state index contributed by atoms with van der Waals surface area (Å²) in [6.07, 6.45) is 4.91. The van der Waals surface area contributed by atoms with Gasteiger partial charge in [0, 0.05) is 38.8 Å². The average Bonchev–Trinajstić information content (AvgIpc) is 3.36. The standard InChI is InChI=1S/C34H24N2S/c1-2-22-8-10-23(11-9-22)26-16-17-27-19-28(21-36-32(27)20-26)24-12-14-25(15-13-24)29-5-3-6-30-31-7-4-18-35-34(31)37-33(29)30/h3-21H,2H2,1H3. The smallest absolute Gasteiger partial charge is 0.124 e. The molecule has 0 spiro atoms. The Morgan fingerprint density at radius 3 is 2.19 bits per heavy atom. The first-order chi connectivity index (χ1) is 18.3. The van der Waals surface area contributed by atoms with Gasteiger partial charge >= 0.3 is 0 Å². The second-order valence-electron chi connectivity index (χ2n) is 9.40. The van der Waals surface area contributed by atoms with Crippen molar-refractivity contribution in [1.29, 1.82) is 0 Å². The van der Waals surface area contributed by atoms with E-state index in [2.05, 4.69) is 109 Å². The number of aromatic nitrogens is 2. The largest absolute Gasteiger partial charge is 0.256 e. The zero-order chi connectivity index (χ0) is 24.8. The van der Waals surface area contributed by atoms with Gasteiger partial charge in [-0.15, -0.1) is 11.3 Å². The lowest BCUT2D eigenvalue weighted by molar-refractivity contribution is 1.14. The molecule has 0 saturated carbocycles. The third-order valence-corrected chi connectivity index (χ3v) is 8.35. The fourth-order valence-corrected chi connectivity index (χ4v) is 6.27. The van der Waals surface area contributed by atoms with Crippen LogP contribution in [-0.2, 0) is 6.42 Å². The highest BCUT2D eigenvalue weighted by Gasteiger charge is 2.11. The number of hydrogen-bond donors (Lipinski definition) is 0. The molecule has 2 nitrogen and oxygen atoms in total. The van der Waals surface area contributed by atoms with Crippen LogP contribution in [0.1, 0.15) is 12.5 Å². The van der Waals surface area contributed by atoms with Crippen LogP contribution in [-0.4, -0.2) is 9.97 Å². The van der Waals surface area contributed by atoms with Crippen LogP contribution in [0.5, 0.6) is 0 Å². The van der Waals surface area contributed by atoms with Crippen LogP contribution >= 0.6 is 11.3 Å². The molecule has 0 radical (unpaired) electrons. The number of rotatable bonds is 4. The minimum Gasteiger partial charge on any atom is -0.256 e. The summed E-state index contributed by atoms with van der Waals surface area (Å²) in [6, 6.07) is 37.2. The third-order valence-electron chi connectivity index (χ3n) is 7.18. The van der Waals surface area contributed by atoms with Crippen molar-refractivity contribution in [2.45, 2.75) is 13.3 Å². The molecule has 7 rings (SSSR count). The van der Waals surface area contributed by atoms with Crippen LogP contribution in [0, 0.1) is 0 Å². The summed E-state index contributed by atoms with van der Waals surface area (Å²) in [6.45, 7) is 2.18. The molecular weight excluding hydrogens is 468 g/mol. The van der Waals surface area contributed by atoms with Gasteiger partial charge in [0.1, 0.15) is 4.83 Å². The van der Waals surface area contributed by atoms with Crippen molar-refractivity contribution in [3.8, 4) is 33.4 Å². The normalized spacial score (nSPS) is 11.5. The van der Waals surface area contributed by atoms with Gasteiger partial charge in [0.15, 0.2) is 0 Å². The number of hydrogen-bond acceptors (Lipinski definition) is 3. The summed E-state index contributed by atoms with van der Waals surface area (Å²) < 4.78 is 1.29. The second kappa shape index (κ2) is 8.95. The van der Waals surface area contributed by atoms with Crippen LogP contribution in [0.4, 0.5) is 0 Å². The SMILES string of the molecule is CCc1ccc(-c2ccc3cc(-c4ccc(-c5cccc6c5sc5ncccc56)cc4)cnc3c2)cc1. The number of pyridine rings is 2. The Balaban J connectivity index is 1.21. The molecule has 37 heavy (non-hydrogen) atoms. The summed E-state index contributed by atoms with van der Waals surface area (Å²) in [7, 11) is 0. The van der Waals surface area contributed by atoms with E-state index in [-0.39, 0.29) is 0 Å². The Kier molecular flexibility index (Phi) is 5.30. The van der Waals surface area contributed by atoms with Crippen LogP contribution in [0.2, 0.25) is 0 Å². The molecule has 0 unspecified atom stereocenters. The van der Waals surface area contributed by atoms with Crippen molar-refractivity contribution >= 4 is 42.5 Å². The number of benzene rings is 4. The molecule has 0 atom stereocenters. The number of aryl methyl sites for hydroxylation is 1. The first-order valence-electron chi connectivity index (χ1n) is 12.6. The quantitative estimate of drug-likeness (QED) is 0.244. The highest BCUT2D eigenvalue weighted by molar-refractivity contribution is 7.26. The van der Waals surface area contributed by atoms with E-state index >= 15 is 0 Å². The van der Waals surface area contributed by atoms with Gasteiger partial charge in [0.25, 0.3) is 0 Å². The molecule has 4 aromatic carbocycles. The Bertz CT molecular complexity index is 1900. The Morgan fingerprint density at radius 2 is 1.35 bits per heavy atom. The summed E-state index contributed by atoms with van der Waals surface area (Å²) in [4.78, 5) is 10.5. The molecular formula is C34H24N2S. The van der Waals surface area contributed by atoms with Crippen LogP contribution in [0.3, 0.4) is 0 Å². The van der Waals surface area contributed by atoms with Gasteiger partial charge in [-0.1, -0.05) is 85.8 Å². The van der Waals surface area contributed by atoms with Crippen molar-refractivity contribution in [2.24, 2.45) is 0 Å². The lowest BCUT2D eigenvalue weighted by atomic mass is 9.98. The summed E-state index contributed by atoms with van der Waals surface area (Å²) >= 11 is 1.77. The molecule has 176 valence electrons. The van der Waals surface area contributed by atoms with Crippen molar-refractivity contribution in [3.63, 3.8) is 0 Å². The van der Waals surface area contributed by atoms with E-state index in [0.29, 0.717) is 0 Å². The lowest BCUT2D eigenvalue weighted by Gasteiger charge is -2.08. The molecule has 0 aliphatic carbocycles. The number of nitrogens with zero attached hydrogens (tertiary/aromatic N) is 2. The minimum absolute atomic E-state index is 1.02. The summed E-state index contributed by atoms with van der Waals surface area (Å²) in [5, 5.41) is 3.65. The fourth-order valence-electron chi connectivity index (χ4n) is 5.09. The highest BCUT2D eigenvalue weighted by atomic mass is 32.1. The molecule has 0 aliphatic heterocycles. The van der Waals surface area contributed by atoms with E-state index in [4.69, 9.17) is 4.98 Å². The van der Waals surface area contributed by atoms with Crippen LogP contribution in [0.15, 0.2) is 116 Å². The highest BCUT2D eigenvalue weighted by Crippen LogP contribution is 2.39. The van der Waals surface area contributed by atoms with Gasteiger partial charge < -0.3 is 0 Å². The Hall–Kier alpha value is -4.34. The van der Waals surface area contributed by atoms with E-state index in [1.165, 1.54) is 48.9 Å². The lowest BCUT2D eigenvalue weighted by Crippen LogP contribution is -1.86. The first kappa shape index (κ1) is 21.9. The molecule has 0 bridgehead atoms. The molecule has 7 aromatic rings. The van der Waals surface area contributed by atoms with Crippen molar-refractivity contribution in [1.82, 2.24) is 9.97 Å². The van der Waals surface area contributed by atoms with Crippen molar-refractivity contribution in [2.75, 3.05) is 0 Å². The van der Waals surface area contributed by atoms with E-state index in [0.717, 1.165) is 27.7 Å². The van der Waals surface area contributed by atoms with Gasteiger partial charge in [-0.05, 0) is 64.1 Å². The van der Waals surface area contributed by atoms with Gasteiger partial charge in [0.05, 0.1) is 5.52 Å². The maximum atomic E-state index is 4.82. The second-order valence-corrected chi connectivity index (χ2v) is 10.4. The fraction of sp³-hybridized carbons (Fsp3) is 0.0588. The maximum Gasteiger partial charge on any atom is 0.124 e. The molecule has 0 aliphatic rings. The summed E-state index contributed by atoms with van der Waals surface area (Å²) in [5.74, 6) is 0. The third kappa shape index (κ3) is 3.89. The Morgan fingerprint density at radius 1 is 0.622 bits per heavy atom. The molecule has 3 aromatic heterocycles. The van der Waals surface area contributed by atoms with Gasteiger partial charge in [-0.3, -0.25) is 4.98 Å². The van der Waals surface area contributed by atoms with E-state index < -0.39 is 0 Å². The Labute approximate surface area is 219 Å². The molecule has 0 N–H and O–H groups in total. The predicted octanol–water partition coefficient (Wildman–Crippen LogP) is 9.56. The van der Waals surface area contributed by atoms with Crippen LogP contribution < -0.4 is 0 Å². The van der Waals surface area contributed by atoms with Crippen molar-refractivity contribution < 1.29 is 0 Å². The maximum absolute atomic E-state index is 4.82. The van der Waals surface area contributed by atoms with Gasteiger partial charge in [0.2, 0.25) is 0 Å². The van der Waals surface area contributed by atoms with Crippen LogP contribution in [0.25, 0.3) is 64.6 Å². The molecule has 0 saturated heterocycles. The predicted molar refractivity (Wildman–Crippen MR) is 158 cm³/mol. The van der Waals surface area contributed by atoms with Gasteiger partial charge in [-0.2, -0.15) is 0 Å². The minimum atomic E-state index is 1.02. The summed E-state index contributed by atoms with van der Waals surface area (Å²) in [5.41, 5.74) is 9.57. The molecule has 3 heteroatoms. The van der Waals surface area contributed by atoms with E-state index in [9.17, 15) is 0 Å². The first-order valence-corrected chi connectivity index (χ1v) is 13.4. The average molecular weight is 493 g/mol. The zero-order valence-corrected chi connectivity index (χ0v) is 21.3. The molecule has 3 heterocycles.